The van der Waals surface area contributed by atoms with E-state index in [1.165, 1.54) is 25.7 Å². The summed E-state index contributed by atoms with van der Waals surface area (Å²) in [5, 5.41) is 3.50. The van der Waals surface area contributed by atoms with Crippen LogP contribution in [0.1, 0.15) is 36.8 Å². The van der Waals surface area contributed by atoms with Crippen LogP contribution in [0.25, 0.3) is 0 Å². The lowest BCUT2D eigenvalue weighted by molar-refractivity contribution is 0.411. The van der Waals surface area contributed by atoms with Gasteiger partial charge in [-0.25, -0.2) is 8.42 Å². The second-order valence-electron chi connectivity index (χ2n) is 6.90. The summed E-state index contributed by atoms with van der Waals surface area (Å²) < 4.78 is 33.5. The average molecular weight is 375 g/mol. The zero-order chi connectivity index (χ0) is 18.7. The van der Waals surface area contributed by atoms with E-state index in [1.807, 2.05) is 19.1 Å². The zero-order valence-electron chi connectivity index (χ0n) is 15.5. The van der Waals surface area contributed by atoms with Crippen LogP contribution in [0.3, 0.4) is 0 Å². The van der Waals surface area contributed by atoms with Gasteiger partial charge in [0, 0.05) is 17.4 Å². The van der Waals surface area contributed by atoms with Gasteiger partial charge in [0.15, 0.2) is 0 Å². The topological polar surface area (TPSA) is 67.4 Å². The molecule has 1 saturated carbocycles. The first-order chi connectivity index (χ1) is 12.4. The minimum absolute atomic E-state index is 0.268. The molecule has 0 amide bonds. The van der Waals surface area contributed by atoms with Gasteiger partial charge in [-0.05, 0) is 74.2 Å². The second kappa shape index (κ2) is 7.58. The van der Waals surface area contributed by atoms with E-state index >= 15 is 0 Å². The maximum Gasteiger partial charge on any atom is 0.262 e. The van der Waals surface area contributed by atoms with Gasteiger partial charge < -0.3 is 10.1 Å². The summed E-state index contributed by atoms with van der Waals surface area (Å²) in [6.45, 7) is 3.60. The van der Waals surface area contributed by atoms with Crippen molar-refractivity contribution in [2.75, 3.05) is 17.1 Å². The molecule has 1 aliphatic rings. The predicted molar refractivity (Wildman–Crippen MR) is 106 cm³/mol. The minimum atomic E-state index is -3.65. The van der Waals surface area contributed by atoms with Gasteiger partial charge in [-0.1, -0.05) is 12.8 Å². The van der Waals surface area contributed by atoms with Gasteiger partial charge in [0.2, 0.25) is 0 Å². The van der Waals surface area contributed by atoms with E-state index in [2.05, 4.69) is 10.0 Å². The molecule has 0 atom stereocenters. The standard InChI is InChI=1S/C20H26N2O3S/c1-14-13-20(15(2)12-19(14)25-3)26(23,24)22-18-10-8-17(9-11-18)21-16-6-4-5-7-16/h8-13,16,21-22H,4-7H2,1-3H3. The number of aryl methyl sites for hydroxylation is 2. The van der Waals surface area contributed by atoms with Gasteiger partial charge in [-0.3, -0.25) is 4.72 Å². The van der Waals surface area contributed by atoms with E-state index in [-0.39, 0.29) is 4.90 Å². The zero-order valence-corrected chi connectivity index (χ0v) is 16.3. The van der Waals surface area contributed by atoms with Gasteiger partial charge in [-0.2, -0.15) is 0 Å². The first kappa shape index (κ1) is 18.6. The van der Waals surface area contributed by atoms with Crippen molar-refractivity contribution in [2.24, 2.45) is 0 Å². The molecule has 0 unspecified atom stereocenters. The lowest BCUT2D eigenvalue weighted by Gasteiger charge is -2.15. The van der Waals surface area contributed by atoms with E-state index in [0.717, 1.165) is 11.3 Å². The van der Waals surface area contributed by atoms with Gasteiger partial charge in [0.25, 0.3) is 10.0 Å². The van der Waals surface area contributed by atoms with Crippen molar-refractivity contribution in [3.05, 3.63) is 47.5 Å². The predicted octanol–water partition coefficient (Wildman–Crippen LogP) is 4.47. The average Bonchev–Trinajstić information content (AvgIpc) is 3.11. The number of nitrogens with one attached hydrogen (secondary N) is 2. The summed E-state index contributed by atoms with van der Waals surface area (Å²) in [4.78, 5) is 0.268. The lowest BCUT2D eigenvalue weighted by atomic mass is 10.1. The summed E-state index contributed by atoms with van der Waals surface area (Å²) in [7, 11) is -2.07. The summed E-state index contributed by atoms with van der Waals surface area (Å²) >= 11 is 0. The van der Waals surface area contributed by atoms with Crippen LogP contribution in [0.5, 0.6) is 5.75 Å². The fourth-order valence-electron chi connectivity index (χ4n) is 3.42. The van der Waals surface area contributed by atoms with Crippen LogP contribution in [0, 0.1) is 13.8 Å². The Morgan fingerprint density at radius 3 is 2.19 bits per heavy atom. The van der Waals surface area contributed by atoms with Crippen LogP contribution in [0.15, 0.2) is 41.3 Å². The van der Waals surface area contributed by atoms with Crippen molar-refractivity contribution >= 4 is 21.4 Å². The van der Waals surface area contributed by atoms with Crippen molar-refractivity contribution < 1.29 is 13.2 Å². The quantitative estimate of drug-likeness (QED) is 0.783. The molecular formula is C20H26N2O3S. The largest absolute Gasteiger partial charge is 0.496 e. The summed E-state index contributed by atoms with van der Waals surface area (Å²) in [5.41, 5.74) is 3.01. The third kappa shape index (κ3) is 4.12. The molecule has 2 aromatic rings. The molecule has 140 valence electrons. The van der Waals surface area contributed by atoms with Crippen LogP contribution < -0.4 is 14.8 Å². The molecule has 2 aromatic carbocycles. The monoisotopic (exact) mass is 374 g/mol. The highest BCUT2D eigenvalue weighted by atomic mass is 32.2. The lowest BCUT2D eigenvalue weighted by Crippen LogP contribution is -2.16. The molecule has 0 bridgehead atoms. The Hall–Kier alpha value is -2.21. The molecule has 0 aliphatic heterocycles. The highest BCUT2D eigenvalue weighted by Gasteiger charge is 2.19. The van der Waals surface area contributed by atoms with Crippen molar-refractivity contribution in [1.82, 2.24) is 0 Å². The maximum atomic E-state index is 12.8. The fraction of sp³-hybridized carbons (Fsp3) is 0.400. The van der Waals surface area contributed by atoms with Crippen molar-refractivity contribution in [1.29, 1.82) is 0 Å². The smallest absolute Gasteiger partial charge is 0.262 e. The Bertz CT molecular complexity index is 871. The second-order valence-corrected chi connectivity index (χ2v) is 8.55. The van der Waals surface area contributed by atoms with Crippen LogP contribution in [0.2, 0.25) is 0 Å². The van der Waals surface area contributed by atoms with Gasteiger partial charge in [-0.15, -0.1) is 0 Å². The number of rotatable bonds is 6. The van der Waals surface area contributed by atoms with Crippen LogP contribution in [0.4, 0.5) is 11.4 Å². The molecule has 0 heterocycles. The Labute approximate surface area is 155 Å². The molecule has 1 aliphatic carbocycles. The van der Waals surface area contributed by atoms with Crippen molar-refractivity contribution in [3.8, 4) is 5.75 Å². The number of benzene rings is 2. The number of hydrogen-bond acceptors (Lipinski definition) is 4. The number of hydrogen-bond donors (Lipinski definition) is 2. The van der Waals surface area contributed by atoms with Crippen LogP contribution in [-0.2, 0) is 10.0 Å². The molecule has 0 spiro atoms. The highest BCUT2D eigenvalue weighted by Crippen LogP contribution is 2.28. The fourth-order valence-corrected chi connectivity index (χ4v) is 4.79. The van der Waals surface area contributed by atoms with E-state index in [1.54, 1.807) is 38.3 Å². The van der Waals surface area contributed by atoms with Gasteiger partial charge in [0.1, 0.15) is 5.75 Å². The third-order valence-electron chi connectivity index (χ3n) is 4.85. The first-order valence-electron chi connectivity index (χ1n) is 8.94. The van der Waals surface area contributed by atoms with Gasteiger partial charge >= 0.3 is 0 Å². The Kier molecular flexibility index (Phi) is 5.41. The Balaban J connectivity index is 1.76. The van der Waals surface area contributed by atoms with E-state index in [9.17, 15) is 8.42 Å². The molecule has 5 nitrogen and oxygen atoms in total. The molecule has 2 N–H and O–H groups in total. The molecule has 0 radical (unpaired) electrons. The van der Waals surface area contributed by atoms with E-state index in [4.69, 9.17) is 4.74 Å². The number of sulfonamides is 1. The van der Waals surface area contributed by atoms with E-state index < -0.39 is 10.0 Å². The molecule has 0 aromatic heterocycles. The van der Waals surface area contributed by atoms with E-state index in [0.29, 0.717) is 23.0 Å². The van der Waals surface area contributed by atoms with Crippen molar-refractivity contribution in [3.63, 3.8) is 0 Å². The summed E-state index contributed by atoms with van der Waals surface area (Å²) in [5.74, 6) is 0.684. The van der Waals surface area contributed by atoms with Crippen LogP contribution in [-0.4, -0.2) is 21.6 Å². The highest BCUT2D eigenvalue weighted by molar-refractivity contribution is 7.92. The molecule has 6 heteroatoms. The number of ether oxygens (including phenoxy) is 1. The third-order valence-corrected chi connectivity index (χ3v) is 6.37. The Morgan fingerprint density at radius 2 is 1.58 bits per heavy atom. The maximum absolute atomic E-state index is 12.8. The van der Waals surface area contributed by atoms with Crippen molar-refractivity contribution in [2.45, 2.75) is 50.5 Å². The molecule has 1 fully saturated rings. The summed E-state index contributed by atoms with van der Waals surface area (Å²) in [6, 6.07) is 11.3. The summed E-state index contributed by atoms with van der Waals surface area (Å²) in [6.07, 6.45) is 4.95. The molecule has 26 heavy (non-hydrogen) atoms. The number of methoxy groups -OCH3 is 1. The molecular weight excluding hydrogens is 348 g/mol. The minimum Gasteiger partial charge on any atom is -0.496 e. The molecule has 0 saturated heterocycles. The molecule has 3 rings (SSSR count). The number of anilines is 2. The van der Waals surface area contributed by atoms with Gasteiger partial charge in [0.05, 0.1) is 12.0 Å². The van der Waals surface area contributed by atoms with Crippen LogP contribution >= 0.6 is 0 Å². The Morgan fingerprint density at radius 1 is 0.962 bits per heavy atom. The normalized spacial score (nSPS) is 15.0. The first-order valence-corrected chi connectivity index (χ1v) is 10.4. The SMILES string of the molecule is COc1cc(C)c(S(=O)(=O)Nc2ccc(NC3CCCC3)cc2)cc1C.